The van der Waals surface area contributed by atoms with E-state index in [9.17, 15) is 14.7 Å². The lowest BCUT2D eigenvalue weighted by Gasteiger charge is -2.24. The van der Waals surface area contributed by atoms with Crippen molar-refractivity contribution >= 4 is 40.2 Å². The SMILES string of the molecule is COC(=O)C1=C(C(=O)OC)N(c2ccc(O)cc2I)C=CC=C1. The maximum Gasteiger partial charge on any atom is 0.355 e. The highest BCUT2D eigenvalue weighted by Gasteiger charge is 2.28. The molecule has 0 bridgehead atoms. The second-order valence-electron chi connectivity index (χ2n) is 4.45. The van der Waals surface area contributed by atoms with Crippen LogP contribution in [0.15, 0.2) is 53.9 Å². The van der Waals surface area contributed by atoms with Crippen molar-refractivity contribution in [2.24, 2.45) is 0 Å². The number of ether oxygens (including phenoxy) is 2. The molecule has 0 unspecified atom stereocenters. The maximum atomic E-state index is 12.3. The van der Waals surface area contributed by atoms with Gasteiger partial charge in [-0.3, -0.25) is 0 Å². The zero-order chi connectivity index (χ0) is 17.0. The van der Waals surface area contributed by atoms with E-state index in [1.54, 1.807) is 30.5 Å². The summed E-state index contributed by atoms with van der Waals surface area (Å²) in [4.78, 5) is 25.8. The average Bonchev–Trinajstić information content (AvgIpc) is 2.76. The monoisotopic (exact) mass is 427 g/mol. The third kappa shape index (κ3) is 3.55. The molecule has 1 N–H and O–H groups in total. The van der Waals surface area contributed by atoms with Crippen molar-refractivity contribution in [3.05, 3.63) is 57.5 Å². The molecule has 0 radical (unpaired) electrons. The number of hydrogen-bond acceptors (Lipinski definition) is 6. The third-order valence-electron chi connectivity index (χ3n) is 3.08. The van der Waals surface area contributed by atoms with E-state index in [1.165, 1.54) is 31.3 Å². The van der Waals surface area contributed by atoms with Crippen LogP contribution in [0.5, 0.6) is 5.75 Å². The van der Waals surface area contributed by atoms with Gasteiger partial charge in [0.15, 0.2) is 0 Å². The van der Waals surface area contributed by atoms with Crippen LogP contribution in [-0.4, -0.2) is 31.3 Å². The molecule has 0 saturated heterocycles. The largest absolute Gasteiger partial charge is 0.508 e. The lowest BCUT2D eigenvalue weighted by molar-refractivity contribution is -0.139. The van der Waals surface area contributed by atoms with Gasteiger partial charge in [0.2, 0.25) is 0 Å². The Morgan fingerprint density at radius 2 is 1.83 bits per heavy atom. The summed E-state index contributed by atoms with van der Waals surface area (Å²) in [5.41, 5.74) is 0.728. The van der Waals surface area contributed by atoms with Gasteiger partial charge in [0.05, 0.1) is 25.5 Å². The molecule has 1 aromatic rings. The summed E-state index contributed by atoms with van der Waals surface area (Å²) >= 11 is 2.03. The number of anilines is 1. The number of hydrogen-bond donors (Lipinski definition) is 1. The van der Waals surface area contributed by atoms with Gasteiger partial charge in [-0.25, -0.2) is 9.59 Å². The average molecular weight is 427 g/mol. The topological polar surface area (TPSA) is 76.1 Å². The van der Waals surface area contributed by atoms with Crippen molar-refractivity contribution in [2.45, 2.75) is 0 Å². The summed E-state index contributed by atoms with van der Waals surface area (Å²) in [6, 6.07) is 4.69. The molecular formula is C16H14INO5. The highest BCUT2D eigenvalue weighted by molar-refractivity contribution is 14.1. The Bertz CT molecular complexity index is 736. The van der Waals surface area contributed by atoms with Crippen molar-refractivity contribution in [2.75, 3.05) is 19.1 Å². The van der Waals surface area contributed by atoms with Crippen LogP contribution in [0.4, 0.5) is 5.69 Å². The summed E-state index contributed by atoms with van der Waals surface area (Å²) in [6.45, 7) is 0. The molecule has 0 amide bonds. The Balaban J connectivity index is 2.68. The number of methoxy groups -OCH3 is 2. The fourth-order valence-electron chi connectivity index (χ4n) is 2.04. The first-order valence-corrected chi connectivity index (χ1v) is 7.61. The molecule has 7 heteroatoms. The number of esters is 2. The number of rotatable bonds is 3. The molecule has 0 fully saturated rings. The van der Waals surface area contributed by atoms with Crippen molar-refractivity contribution in [1.29, 1.82) is 0 Å². The number of carbonyl (C=O) groups is 2. The molecule has 0 saturated carbocycles. The molecular weight excluding hydrogens is 413 g/mol. The van der Waals surface area contributed by atoms with Crippen LogP contribution in [0.25, 0.3) is 0 Å². The summed E-state index contributed by atoms with van der Waals surface area (Å²) in [6.07, 6.45) is 6.43. The van der Waals surface area contributed by atoms with E-state index in [0.717, 1.165) is 0 Å². The standard InChI is InChI=1S/C16H14INO5/c1-22-15(20)11-5-3-4-8-18(14(11)16(21)23-2)13-7-6-10(19)9-12(13)17/h3-9,19H,1-2H3. The van der Waals surface area contributed by atoms with E-state index in [1.807, 2.05) is 22.6 Å². The fraction of sp³-hybridized carbons (Fsp3) is 0.125. The Kier molecular flexibility index (Phi) is 5.43. The van der Waals surface area contributed by atoms with Gasteiger partial charge in [-0.05, 0) is 52.9 Å². The zero-order valence-electron chi connectivity index (χ0n) is 12.4. The predicted octanol–water partition coefficient (Wildman–Crippen LogP) is 2.49. The van der Waals surface area contributed by atoms with Gasteiger partial charge in [0, 0.05) is 9.77 Å². The minimum atomic E-state index is -0.675. The summed E-state index contributed by atoms with van der Waals surface area (Å²) in [5, 5.41) is 9.56. The molecule has 0 aromatic heterocycles. The Morgan fingerprint density at radius 1 is 1.13 bits per heavy atom. The van der Waals surface area contributed by atoms with Gasteiger partial charge < -0.3 is 19.5 Å². The number of phenols is 1. The lowest BCUT2D eigenvalue weighted by Crippen LogP contribution is -2.27. The molecule has 1 aliphatic heterocycles. The van der Waals surface area contributed by atoms with E-state index >= 15 is 0 Å². The third-order valence-corrected chi connectivity index (χ3v) is 3.94. The second kappa shape index (κ2) is 7.32. The van der Waals surface area contributed by atoms with E-state index < -0.39 is 11.9 Å². The molecule has 1 heterocycles. The van der Waals surface area contributed by atoms with Gasteiger partial charge in [0.1, 0.15) is 11.4 Å². The van der Waals surface area contributed by atoms with E-state index in [4.69, 9.17) is 9.47 Å². The first-order valence-electron chi connectivity index (χ1n) is 6.53. The van der Waals surface area contributed by atoms with Gasteiger partial charge in [-0.1, -0.05) is 6.08 Å². The molecule has 0 aliphatic carbocycles. The molecule has 1 aromatic carbocycles. The van der Waals surface area contributed by atoms with Gasteiger partial charge in [-0.15, -0.1) is 0 Å². The van der Waals surface area contributed by atoms with Crippen LogP contribution >= 0.6 is 22.6 Å². The minimum Gasteiger partial charge on any atom is -0.508 e. The Hall–Kier alpha value is -2.29. The Morgan fingerprint density at radius 3 is 2.43 bits per heavy atom. The number of nitrogens with zero attached hydrogens (tertiary/aromatic N) is 1. The summed E-state index contributed by atoms with van der Waals surface area (Å²) < 4.78 is 10.3. The molecule has 0 atom stereocenters. The van der Waals surface area contributed by atoms with Crippen LogP contribution < -0.4 is 4.90 Å². The van der Waals surface area contributed by atoms with Gasteiger partial charge in [-0.2, -0.15) is 0 Å². The number of aromatic hydroxyl groups is 1. The van der Waals surface area contributed by atoms with E-state index in [0.29, 0.717) is 9.26 Å². The smallest absolute Gasteiger partial charge is 0.355 e. The van der Waals surface area contributed by atoms with Crippen LogP contribution in [-0.2, 0) is 19.1 Å². The number of phenolic OH excluding ortho intramolecular Hbond substituents is 1. The lowest BCUT2D eigenvalue weighted by atomic mass is 10.1. The maximum absolute atomic E-state index is 12.3. The normalized spacial score (nSPS) is 13.8. The first-order chi connectivity index (χ1) is 11.0. The number of carbonyl (C=O) groups excluding carboxylic acids is 2. The fourth-order valence-corrected chi connectivity index (χ4v) is 2.80. The molecule has 6 nitrogen and oxygen atoms in total. The van der Waals surface area contributed by atoms with E-state index in [-0.39, 0.29) is 17.0 Å². The Labute approximate surface area is 146 Å². The molecule has 23 heavy (non-hydrogen) atoms. The first kappa shape index (κ1) is 17.1. The second-order valence-corrected chi connectivity index (χ2v) is 5.61. The molecule has 2 rings (SSSR count). The van der Waals surface area contributed by atoms with Crippen molar-refractivity contribution in [3.8, 4) is 5.75 Å². The van der Waals surface area contributed by atoms with E-state index in [2.05, 4.69) is 0 Å². The number of halogens is 1. The highest BCUT2D eigenvalue weighted by Crippen LogP contribution is 2.32. The highest BCUT2D eigenvalue weighted by atomic mass is 127. The van der Waals surface area contributed by atoms with Crippen molar-refractivity contribution < 1.29 is 24.2 Å². The summed E-state index contributed by atoms with van der Waals surface area (Å²) in [7, 11) is 2.48. The van der Waals surface area contributed by atoms with Gasteiger partial charge >= 0.3 is 11.9 Å². The number of benzene rings is 1. The van der Waals surface area contributed by atoms with Crippen molar-refractivity contribution in [1.82, 2.24) is 0 Å². The zero-order valence-corrected chi connectivity index (χ0v) is 14.6. The van der Waals surface area contributed by atoms with Gasteiger partial charge in [0.25, 0.3) is 0 Å². The minimum absolute atomic E-state index is 0.0351. The van der Waals surface area contributed by atoms with Crippen LogP contribution in [0.3, 0.4) is 0 Å². The predicted molar refractivity (Wildman–Crippen MR) is 92.6 cm³/mol. The molecule has 1 aliphatic rings. The molecule has 120 valence electrons. The molecule has 0 spiro atoms. The quantitative estimate of drug-likeness (QED) is 0.590. The van der Waals surface area contributed by atoms with Crippen LogP contribution in [0.1, 0.15) is 0 Å². The summed E-state index contributed by atoms with van der Waals surface area (Å²) in [5.74, 6) is -1.22. The van der Waals surface area contributed by atoms with Crippen LogP contribution in [0, 0.1) is 3.57 Å². The van der Waals surface area contributed by atoms with Crippen LogP contribution in [0.2, 0.25) is 0 Å². The van der Waals surface area contributed by atoms with Crippen molar-refractivity contribution in [3.63, 3.8) is 0 Å². The number of allylic oxidation sites excluding steroid dienone is 2.